The van der Waals surface area contributed by atoms with Gasteiger partial charge in [-0.25, -0.2) is 4.39 Å². The Morgan fingerprint density at radius 2 is 2.00 bits per heavy atom. The second-order valence-electron chi connectivity index (χ2n) is 3.61. The molecule has 2 nitrogen and oxygen atoms in total. The highest BCUT2D eigenvalue weighted by Crippen LogP contribution is 2.28. The Hall–Kier alpha value is -0.350. The molecule has 0 bridgehead atoms. The average Bonchev–Trinajstić information content (AvgIpc) is 2.23. The van der Waals surface area contributed by atoms with Gasteiger partial charge in [0.15, 0.2) is 0 Å². The van der Waals surface area contributed by atoms with Crippen LogP contribution in [-0.4, -0.2) is 22.2 Å². The summed E-state index contributed by atoms with van der Waals surface area (Å²) in [5.41, 5.74) is 0.579. The lowest BCUT2D eigenvalue weighted by atomic mass is 10.0. The van der Waals surface area contributed by atoms with Crippen molar-refractivity contribution in [2.75, 3.05) is 5.88 Å². The molecule has 90 valence electrons. The maximum absolute atomic E-state index is 13.3. The van der Waals surface area contributed by atoms with Gasteiger partial charge < -0.3 is 10.2 Å². The molecule has 16 heavy (non-hydrogen) atoms. The number of hydrogen-bond acceptors (Lipinski definition) is 2. The van der Waals surface area contributed by atoms with Crippen molar-refractivity contribution in [3.8, 4) is 0 Å². The van der Waals surface area contributed by atoms with E-state index in [4.69, 9.17) is 23.2 Å². The third-order valence-corrected chi connectivity index (χ3v) is 2.91. The van der Waals surface area contributed by atoms with Gasteiger partial charge in [0.25, 0.3) is 0 Å². The van der Waals surface area contributed by atoms with Crippen LogP contribution in [0.4, 0.5) is 4.39 Å². The lowest BCUT2D eigenvalue weighted by Crippen LogP contribution is -2.19. The van der Waals surface area contributed by atoms with Crippen molar-refractivity contribution >= 4 is 23.2 Å². The predicted octanol–water partition coefficient (Wildman–Crippen LogP) is 2.81. The van der Waals surface area contributed by atoms with Crippen molar-refractivity contribution in [2.24, 2.45) is 0 Å². The van der Waals surface area contributed by atoms with Gasteiger partial charge in [-0.2, -0.15) is 0 Å². The molecule has 0 amide bonds. The van der Waals surface area contributed by atoms with Crippen LogP contribution >= 0.6 is 23.2 Å². The van der Waals surface area contributed by atoms with E-state index in [1.54, 1.807) is 6.92 Å². The fourth-order valence-corrected chi connectivity index (χ4v) is 1.92. The zero-order valence-corrected chi connectivity index (χ0v) is 10.3. The summed E-state index contributed by atoms with van der Waals surface area (Å²) >= 11 is 11.3. The Kier molecular flexibility index (Phi) is 4.99. The van der Waals surface area contributed by atoms with Gasteiger partial charge in [-0.15, -0.1) is 11.6 Å². The van der Waals surface area contributed by atoms with E-state index in [0.29, 0.717) is 5.56 Å². The quantitative estimate of drug-likeness (QED) is 0.823. The summed E-state index contributed by atoms with van der Waals surface area (Å²) in [4.78, 5) is 0. The normalized spacial score (nSPS) is 14.9. The third kappa shape index (κ3) is 3.08. The maximum atomic E-state index is 13.3. The largest absolute Gasteiger partial charge is 0.390 e. The molecule has 0 spiro atoms. The van der Waals surface area contributed by atoms with Crippen LogP contribution in [0.3, 0.4) is 0 Å². The Labute approximate surface area is 104 Å². The summed E-state index contributed by atoms with van der Waals surface area (Å²) in [5, 5.41) is 19.5. The fraction of sp³-hybridized carbons (Fsp3) is 0.455. The van der Waals surface area contributed by atoms with Crippen LogP contribution in [0.15, 0.2) is 12.1 Å². The van der Waals surface area contributed by atoms with Crippen molar-refractivity contribution in [1.82, 2.24) is 0 Å². The summed E-state index contributed by atoms with van der Waals surface area (Å²) in [6, 6.07) is 2.56. The molecule has 5 heteroatoms. The summed E-state index contributed by atoms with van der Waals surface area (Å²) in [6.07, 6.45) is -2.05. The first-order valence-electron chi connectivity index (χ1n) is 4.85. The van der Waals surface area contributed by atoms with Gasteiger partial charge >= 0.3 is 0 Å². The van der Waals surface area contributed by atoms with E-state index in [2.05, 4.69) is 0 Å². The van der Waals surface area contributed by atoms with E-state index in [1.165, 1.54) is 6.07 Å². The zero-order chi connectivity index (χ0) is 12.3. The first kappa shape index (κ1) is 13.7. The van der Waals surface area contributed by atoms with Crippen molar-refractivity contribution in [2.45, 2.75) is 25.6 Å². The zero-order valence-electron chi connectivity index (χ0n) is 8.75. The summed E-state index contributed by atoms with van der Waals surface area (Å²) < 4.78 is 13.3. The lowest BCUT2D eigenvalue weighted by Gasteiger charge is -2.18. The average molecular weight is 267 g/mol. The molecular formula is C11H13Cl2FO2. The number of halogens is 3. The van der Waals surface area contributed by atoms with Gasteiger partial charge in [-0.05, 0) is 31.0 Å². The molecule has 0 saturated heterocycles. The minimum absolute atomic E-state index is 0.183. The van der Waals surface area contributed by atoms with Crippen LogP contribution in [0, 0.1) is 12.7 Å². The van der Waals surface area contributed by atoms with Crippen LogP contribution in [0.1, 0.15) is 23.7 Å². The third-order valence-electron chi connectivity index (χ3n) is 2.37. The van der Waals surface area contributed by atoms with Crippen LogP contribution in [0.2, 0.25) is 5.02 Å². The van der Waals surface area contributed by atoms with Crippen molar-refractivity contribution in [1.29, 1.82) is 0 Å². The van der Waals surface area contributed by atoms with Gasteiger partial charge in [0.1, 0.15) is 11.9 Å². The minimum atomic E-state index is -1.22. The molecule has 0 heterocycles. The monoisotopic (exact) mass is 266 g/mol. The van der Waals surface area contributed by atoms with E-state index < -0.39 is 18.0 Å². The smallest absolute Gasteiger partial charge is 0.126 e. The van der Waals surface area contributed by atoms with Crippen LogP contribution in [0.5, 0.6) is 0 Å². The minimum Gasteiger partial charge on any atom is -0.390 e. The second-order valence-corrected chi connectivity index (χ2v) is 4.40. The molecule has 1 aromatic rings. The fourth-order valence-electron chi connectivity index (χ4n) is 1.37. The van der Waals surface area contributed by atoms with E-state index in [0.717, 1.165) is 6.07 Å². The van der Waals surface area contributed by atoms with E-state index in [-0.39, 0.29) is 22.9 Å². The first-order chi connectivity index (χ1) is 7.47. The Balaban J connectivity index is 2.99. The summed E-state index contributed by atoms with van der Waals surface area (Å²) in [7, 11) is 0. The Bertz CT molecular complexity index is 371. The van der Waals surface area contributed by atoms with E-state index in [1.807, 2.05) is 0 Å². The molecule has 2 atom stereocenters. The molecule has 0 aliphatic rings. The number of benzene rings is 1. The first-order valence-corrected chi connectivity index (χ1v) is 5.76. The van der Waals surface area contributed by atoms with Gasteiger partial charge in [-0.3, -0.25) is 0 Å². The van der Waals surface area contributed by atoms with Gasteiger partial charge in [-0.1, -0.05) is 11.6 Å². The highest BCUT2D eigenvalue weighted by Gasteiger charge is 2.21. The van der Waals surface area contributed by atoms with Gasteiger partial charge in [0.05, 0.1) is 6.10 Å². The standard InChI is InChI=1S/C11H13Cl2FO2/c1-6-4-8(13)7(5-9(6)14)11(16)10(15)2-3-12/h4-5,10-11,15-16H,2-3H2,1H3. The molecule has 0 saturated carbocycles. The SMILES string of the molecule is Cc1cc(Cl)c(C(O)C(O)CCCl)cc1F. The molecule has 0 fully saturated rings. The highest BCUT2D eigenvalue weighted by atomic mass is 35.5. The molecule has 1 rings (SSSR count). The summed E-state index contributed by atoms with van der Waals surface area (Å²) in [5.74, 6) is -0.249. The second kappa shape index (κ2) is 5.82. The van der Waals surface area contributed by atoms with Crippen molar-refractivity contribution < 1.29 is 14.6 Å². The highest BCUT2D eigenvalue weighted by molar-refractivity contribution is 6.31. The van der Waals surface area contributed by atoms with E-state index in [9.17, 15) is 14.6 Å². The molecule has 1 aromatic carbocycles. The summed E-state index contributed by atoms with van der Waals surface area (Å²) in [6.45, 7) is 1.58. The van der Waals surface area contributed by atoms with Gasteiger partial charge in [0.2, 0.25) is 0 Å². The predicted molar refractivity (Wildman–Crippen MR) is 62.5 cm³/mol. The number of aliphatic hydroxyl groups is 2. The molecule has 2 unspecified atom stereocenters. The van der Waals surface area contributed by atoms with Crippen molar-refractivity contribution in [3.05, 3.63) is 34.1 Å². The molecule has 0 aliphatic carbocycles. The van der Waals surface area contributed by atoms with Crippen molar-refractivity contribution in [3.63, 3.8) is 0 Å². The number of aliphatic hydroxyl groups excluding tert-OH is 2. The lowest BCUT2D eigenvalue weighted by molar-refractivity contribution is 0.0169. The maximum Gasteiger partial charge on any atom is 0.126 e. The van der Waals surface area contributed by atoms with Crippen LogP contribution in [-0.2, 0) is 0 Å². The number of rotatable bonds is 4. The number of alkyl halides is 1. The number of aryl methyl sites for hydroxylation is 1. The number of hydrogen-bond donors (Lipinski definition) is 2. The topological polar surface area (TPSA) is 40.5 Å². The van der Waals surface area contributed by atoms with Gasteiger partial charge in [0, 0.05) is 16.5 Å². The molecule has 0 aliphatic heterocycles. The van der Waals surface area contributed by atoms with E-state index >= 15 is 0 Å². The molecular weight excluding hydrogens is 254 g/mol. The Morgan fingerprint density at radius 1 is 1.38 bits per heavy atom. The molecule has 0 radical (unpaired) electrons. The Morgan fingerprint density at radius 3 is 2.56 bits per heavy atom. The van der Waals surface area contributed by atoms with Crippen LogP contribution in [0.25, 0.3) is 0 Å². The van der Waals surface area contributed by atoms with Crippen LogP contribution < -0.4 is 0 Å². The molecule has 0 aromatic heterocycles. The molecule has 2 N–H and O–H groups in total.